The van der Waals surface area contributed by atoms with Gasteiger partial charge in [-0.05, 0) is 26.8 Å². The molecule has 5 nitrogen and oxygen atoms in total. The van der Waals surface area contributed by atoms with Crippen LogP contribution in [0.2, 0.25) is 10.2 Å². The van der Waals surface area contributed by atoms with E-state index in [0.29, 0.717) is 0 Å². The molecule has 2 aromatic rings. The zero-order chi connectivity index (χ0) is 15.8. The van der Waals surface area contributed by atoms with Gasteiger partial charge in [0.2, 0.25) is 10.0 Å². The van der Waals surface area contributed by atoms with Crippen molar-refractivity contribution in [2.45, 2.75) is 31.7 Å². The van der Waals surface area contributed by atoms with Crippen LogP contribution in [0.5, 0.6) is 0 Å². The molecule has 21 heavy (non-hydrogen) atoms. The van der Waals surface area contributed by atoms with Crippen LogP contribution in [0.3, 0.4) is 0 Å². The molecule has 1 unspecified atom stereocenters. The van der Waals surface area contributed by atoms with Gasteiger partial charge >= 0.3 is 0 Å². The van der Waals surface area contributed by atoms with Crippen LogP contribution in [0.1, 0.15) is 28.5 Å². The first-order valence-electron chi connectivity index (χ1n) is 5.98. The average molecular weight is 366 g/mol. The van der Waals surface area contributed by atoms with E-state index in [9.17, 15) is 8.42 Å². The molecular weight excluding hydrogens is 353 g/mol. The predicted octanol–water partition coefficient (Wildman–Crippen LogP) is 3.50. The SMILES string of the molecule is Cc1nc(C)c(C(C)NS(=O)(=O)c2cnc(Cl)c(Cl)c2)s1. The molecule has 0 amide bonds. The fraction of sp³-hybridized carbons (Fsp3) is 0.333. The summed E-state index contributed by atoms with van der Waals surface area (Å²) < 4.78 is 27.2. The van der Waals surface area contributed by atoms with Crippen molar-refractivity contribution in [3.8, 4) is 0 Å². The smallest absolute Gasteiger partial charge is 0.242 e. The van der Waals surface area contributed by atoms with Gasteiger partial charge in [-0.2, -0.15) is 0 Å². The van der Waals surface area contributed by atoms with Gasteiger partial charge in [-0.15, -0.1) is 11.3 Å². The van der Waals surface area contributed by atoms with Crippen LogP contribution in [0.25, 0.3) is 0 Å². The summed E-state index contributed by atoms with van der Waals surface area (Å²) in [5.41, 5.74) is 0.819. The summed E-state index contributed by atoms with van der Waals surface area (Å²) in [6.07, 6.45) is 1.17. The van der Waals surface area contributed by atoms with Crippen molar-refractivity contribution in [2.24, 2.45) is 0 Å². The normalized spacial score (nSPS) is 13.4. The second kappa shape index (κ2) is 6.18. The van der Waals surface area contributed by atoms with Gasteiger partial charge in [-0.3, -0.25) is 0 Å². The molecule has 0 aliphatic carbocycles. The van der Waals surface area contributed by atoms with E-state index in [4.69, 9.17) is 23.2 Å². The van der Waals surface area contributed by atoms with Gasteiger partial charge in [0.05, 0.1) is 21.8 Å². The average Bonchev–Trinajstić information content (AvgIpc) is 2.71. The Labute approximate surface area is 137 Å². The van der Waals surface area contributed by atoms with Gasteiger partial charge in [0.15, 0.2) is 0 Å². The van der Waals surface area contributed by atoms with Crippen molar-refractivity contribution in [1.82, 2.24) is 14.7 Å². The molecule has 2 heterocycles. The minimum Gasteiger partial charge on any atom is -0.247 e. The van der Waals surface area contributed by atoms with Gasteiger partial charge in [0, 0.05) is 11.1 Å². The standard InChI is InChI=1S/C12H13Cl2N3O2S2/c1-6-11(20-8(3)16-6)7(2)17-21(18,19)9-4-10(13)12(14)15-5-9/h4-5,7,17H,1-3H3. The van der Waals surface area contributed by atoms with Gasteiger partial charge in [-0.25, -0.2) is 23.1 Å². The zero-order valence-electron chi connectivity index (χ0n) is 11.5. The van der Waals surface area contributed by atoms with Crippen molar-refractivity contribution in [1.29, 1.82) is 0 Å². The van der Waals surface area contributed by atoms with Crippen LogP contribution in [0.4, 0.5) is 0 Å². The number of pyridine rings is 1. The third kappa shape index (κ3) is 3.73. The number of aryl methyl sites for hydroxylation is 2. The minimum atomic E-state index is -3.73. The van der Waals surface area contributed by atoms with E-state index in [1.165, 1.54) is 23.6 Å². The molecule has 2 aromatic heterocycles. The molecule has 0 spiro atoms. The quantitative estimate of drug-likeness (QED) is 0.841. The topological polar surface area (TPSA) is 72.0 Å². The van der Waals surface area contributed by atoms with Crippen molar-refractivity contribution in [2.75, 3.05) is 0 Å². The number of hydrogen-bond donors (Lipinski definition) is 1. The number of nitrogens with one attached hydrogen (secondary N) is 1. The van der Waals surface area contributed by atoms with Gasteiger partial charge in [-0.1, -0.05) is 23.2 Å². The lowest BCUT2D eigenvalue weighted by atomic mass is 10.2. The highest BCUT2D eigenvalue weighted by molar-refractivity contribution is 7.89. The van der Waals surface area contributed by atoms with Gasteiger partial charge in [0.1, 0.15) is 10.0 Å². The third-order valence-electron chi connectivity index (χ3n) is 2.75. The lowest BCUT2D eigenvalue weighted by Crippen LogP contribution is -2.27. The predicted molar refractivity (Wildman–Crippen MR) is 84.6 cm³/mol. The molecule has 0 aromatic carbocycles. The first-order chi connectivity index (χ1) is 9.70. The van der Waals surface area contributed by atoms with Crippen LogP contribution in [0.15, 0.2) is 17.2 Å². The fourth-order valence-corrected chi connectivity index (χ4v) is 4.38. The summed E-state index contributed by atoms with van der Waals surface area (Å²) in [7, 11) is -3.73. The van der Waals surface area contributed by atoms with E-state index in [1.54, 1.807) is 6.92 Å². The third-order valence-corrected chi connectivity index (χ3v) is 6.20. The molecule has 1 atom stereocenters. The van der Waals surface area contributed by atoms with Crippen LogP contribution >= 0.6 is 34.5 Å². The van der Waals surface area contributed by atoms with Gasteiger partial charge < -0.3 is 0 Å². The van der Waals surface area contributed by atoms with E-state index < -0.39 is 16.1 Å². The van der Waals surface area contributed by atoms with Crippen LogP contribution in [0, 0.1) is 13.8 Å². The molecule has 114 valence electrons. The molecule has 0 saturated carbocycles. The molecule has 0 aliphatic heterocycles. The molecule has 0 fully saturated rings. The Balaban J connectivity index is 2.28. The van der Waals surface area contributed by atoms with E-state index in [-0.39, 0.29) is 15.1 Å². The highest BCUT2D eigenvalue weighted by Gasteiger charge is 2.22. The number of rotatable bonds is 4. The van der Waals surface area contributed by atoms with E-state index in [2.05, 4.69) is 14.7 Å². The number of thiazole rings is 1. The second-order valence-electron chi connectivity index (χ2n) is 4.47. The monoisotopic (exact) mass is 365 g/mol. The summed E-state index contributed by atoms with van der Waals surface area (Å²) in [5, 5.41) is 1.05. The zero-order valence-corrected chi connectivity index (χ0v) is 14.7. The minimum absolute atomic E-state index is 0.0253. The number of nitrogens with zero attached hydrogens (tertiary/aromatic N) is 2. The Hall–Kier alpha value is -0.730. The van der Waals surface area contributed by atoms with Crippen LogP contribution in [-0.2, 0) is 10.0 Å². The van der Waals surface area contributed by atoms with Crippen LogP contribution < -0.4 is 4.72 Å². The Morgan fingerprint density at radius 1 is 1.33 bits per heavy atom. The highest BCUT2D eigenvalue weighted by Crippen LogP contribution is 2.27. The fourth-order valence-electron chi connectivity index (χ4n) is 1.85. The molecule has 9 heteroatoms. The van der Waals surface area contributed by atoms with Crippen molar-refractivity contribution in [3.63, 3.8) is 0 Å². The largest absolute Gasteiger partial charge is 0.247 e. The Bertz CT molecular complexity index is 775. The highest BCUT2D eigenvalue weighted by atomic mass is 35.5. The second-order valence-corrected chi connectivity index (χ2v) is 8.18. The molecule has 0 bridgehead atoms. The molecule has 0 radical (unpaired) electrons. The maximum absolute atomic E-state index is 12.3. The summed E-state index contributed by atoms with van der Waals surface area (Å²) in [6, 6.07) is 0.882. The summed E-state index contributed by atoms with van der Waals surface area (Å²) in [5.74, 6) is 0. The first-order valence-corrected chi connectivity index (χ1v) is 9.03. The number of halogens is 2. The maximum Gasteiger partial charge on any atom is 0.242 e. The van der Waals surface area contributed by atoms with Crippen molar-refractivity contribution < 1.29 is 8.42 Å². The molecule has 0 aliphatic rings. The molecule has 0 saturated heterocycles. The Morgan fingerprint density at radius 2 is 2.00 bits per heavy atom. The number of aromatic nitrogens is 2. The Morgan fingerprint density at radius 3 is 2.52 bits per heavy atom. The van der Waals surface area contributed by atoms with E-state index >= 15 is 0 Å². The number of sulfonamides is 1. The summed E-state index contributed by atoms with van der Waals surface area (Å²) in [6.45, 7) is 5.50. The maximum atomic E-state index is 12.3. The summed E-state index contributed by atoms with van der Waals surface area (Å²) in [4.78, 5) is 8.90. The number of hydrogen-bond acceptors (Lipinski definition) is 5. The van der Waals surface area contributed by atoms with Crippen LogP contribution in [-0.4, -0.2) is 18.4 Å². The van der Waals surface area contributed by atoms with Gasteiger partial charge in [0.25, 0.3) is 0 Å². The molecule has 1 N–H and O–H groups in total. The van der Waals surface area contributed by atoms with Crippen molar-refractivity contribution in [3.05, 3.63) is 38.0 Å². The summed E-state index contributed by atoms with van der Waals surface area (Å²) >= 11 is 13.0. The Kier molecular flexibility index (Phi) is 4.89. The van der Waals surface area contributed by atoms with E-state index in [0.717, 1.165) is 15.6 Å². The lowest BCUT2D eigenvalue weighted by Gasteiger charge is -2.13. The molecular formula is C12H13Cl2N3O2S2. The van der Waals surface area contributed by atoms with E-state index in [1.807, 2.05) is 13.8 Å². The lowest BCUT2D eigenvalue weighted by molar-refractivity contribution is 0.567. The molecule has 2 rings (SSSR count). The first kappa shape index (κ1) is 16.6. The van der Waals surface area contributed by atoms with Crippen molar-refractivity contribution >= 4 is 44.6 Å².